The molecule has 0 aliphatic heterocycles. The number of hydrogen-bond acceptors (Lipinski definition) is 4. The van der Waals surface area contributed by atoms with Crippen molar-refractivity contribution in [3.63, 3.8) is 0 Å². The van der Waals surface area contributed by atoms with Gasteiger partial charge in [-0.25, -0.2) is 4.21 Å². The van der Waals surface area contributed by atoms with Gasteiger partial charge < -0.3 is 31.0 Å². The molecule has 0 amide bonds. The van der Waals surface area contributed by atoms with Gasteiger partial charge in [0.25, 0.3) is 10.1 Å². The summed E-state index contributed by atoms with van der Waals surface area (Å²) in [5, 5.41) is 1.33. The molecule has 22 heavy (non-hydrogen) atoms. The highest BCUT2D eigenvalue weighted by atomic mass is 32.2. The van der Waals surface area contributed by atoms with E-state index >= 15 is 0 Å². The third-order valence-electron chi connectivity index (χ3n) is 2.03. The maximum Gasteiger partial charge on any atom is 0.295 e. The zero-order chi connectivity index (χ0) is 13.8. The van der Waals surface area contributed by atoms with Gasteiger partial charge in [-0.2, -0.15) is 8.42 Å². The zero-order valence-corrected chi connectivity index (χ0v) is 12.5. The minimum absolute atomic E-state index is 0. The number of fused-ring (bicyclic) bond motifs is 1. The average molecular weight is 361 g/mol. The second-order valence-electron chi connectivity index (χ2n) is 3.17. The molecule has 0 spiro atoms. The van der Waals surface area contributed by atoms with E-state index in [1.165, 1.54) is 6.07 Å². The lowest BCUT2D eigenvalue weighted by atomic mass is 10.1. The van der Waals surface area contributed by atoms with Gasteiger partial charge >= 0.3 is 0 Å². The van der Waals surface area contributed by atoms with Crippen molar-refractivity contribution in [1.82, 2.24) is 0 Å². The quantitative estimate of drug-likeness (QED) is 0.434. The van der Waals surface area contributed by atoms with Crippen LogP contribution in [0.25, 0.3) is 10.8 Å². The predicted molar refractivity (Wildman–Crippen MR) is 79.8 cm³/mol. The Hall–Kier alpha value is -1.48. The molecule has 0 fully saturated rings. The monoisotopic (exact) mass is 361 g/mol. The first-order chi connectivity index (χ1) is 8.32. The van der Waals surface area contributed by atoms with Crippen LogP contribution in [-0.2, 0) is 21.5 Å². The summed E-state index contributed by atoms with van der Waals surface area (Å²) in [6.45, 7) is 0. The summed E-state index contributed by atoms with van der Waals surface area (Å²) in [5.41, 5.74) is 0. The van der Waals surface area contributed by atoms with Crippen LogP contribution >= 0.6 is 0 Å². The van der Waals surface area contributed by atoms with Gasteiger partial charge in [-0.1, -0.05) is 36.4 Å². The van der Waals surface area contributed by atoms with Gasteiger partial charge in [0.15, 0.2) is 0 Å². The summed E-state index contributed by atoms with van der Waals surface area (Å²) in [4.78, 5) is -0.0457. The summed E-state index contributed by atoms with van der Waals surface area (Å²) in [5.74, 6) is 0. The minimum Gasteiger partial charge on any atom is -0.750 e. The molecule has 0 saturated heterocycles. The van der Waals surface area contributed by atoms with Crippen molar-refractivity contribution in [3.8, 4) is 0 Å². The van der Waals surface area contributed by atoms with Crippen LogP contribution in [0, 0.1) is 0 Å². The number of hydrogen-bond donors (Lipinski definition) is 2. The van der Waals surface area contributed by atoms with Gasteiger partial charge in [0.05, 0.1) is 11.4 Å². The van der Waals surface area contributed by atoms with Crippen LogP contribution < -0.4 is 0 Å². The van der Waals surface area contributed by atoms with Crippen LogP contribution in [0.1, 0.15) is 0 Å². The molecular weight excluding hydrogens is 344 g/mol. The third-order valence-corrected chi connectivity index (χ3v) is 2.94. The number of rotatable bonds is 1. The molecule has 2 aromatic carbocycles. The molecule has 1 atom stereocenters. The first-order valence-corrected chi connectivity index (χ1v) is 7.03. The van der Waals surface area contributed by atoms with Crippen molar-refractivity contribution in [1.29, 1.82) is 0 Å². The largest absolute Gasteiger partial charge is 0.750 e. The van der Waals surface area contributed by atoms with Crippen LogP contribution in [0.4, 0.5) is 0 Å². The summed E-state index contributed by atoms with van der Waals surface area (Å²) >= 11 is -2.86. The summed E-state index contributed by atoms with van der Waals surface area (Å²) in [7, 11) is -4.13. The SMILES string of the molecule is O.O.O.O.O=S(=O)(O)c1cccc2ccccc12.O=S([O-])O. The standard InChI is InChI=1S/C10H8O3S.H2O3S.4H2O/c11-14(12,13)10-7-3-5-8-4-1-2-6-9(8)10;1-4(2)3;;;;/h1-7H,(H,11,12,13);(H2,1,2,3);4*1H2/p-1. The van der Waals surface area contributed by atoms with Gasteiger partial charge in [-0.05, 0) is 11.5 Å². The second-order valence-corrected chi connectivity index (χ2v) is 4.99. The van der Waals surface area contributed by atoms with E-state index in [9.17, 15) is 8.42 Å². The van der Waals surface area contributed by atoms with Crippen molar-refractivity contribution in [2.24, 2.45) is 0 Å². The molecule has 0 bridgehead atoms. The third kappa shape index (κ3) is 8.73. The van der Waals surface area contributed by atoms with Gasteiger partial charge in [0, 0.05) is 5.39 Å². The van der Waals surface area contributed by atoms with Gasteiger partial charge in [0.1, 0.15) is 4.90 Å². The molecule has 12 heteroatoms. The average Bonchev–Trinajstić information content (AvgIpc) is 2.26. The van der Waals surface area contributed by atoms with Crippen LogP contribution in [0.3, 0.4) is 0 Å². The molecule has 10 N–H and O–H groups in total. The summed E-state index contributed by atoms with van der Waals surface area (Å²) in [6.07, 6.45) is 0. The maximum absolute atomic E-state index is 11.0. The topological polar surface area (TPSA) is 241 Å². The highest BCUT2D eigenvalue weighted by Crippen LogP contribution is 2.21. The first-order valence-electron chi connectivity index (χ1n) is 4.56. The van der Waals surface area contributed by atoms with Gasteiger partial charge in [0.2, 0.25) is 0 Å². The van der Waals surface area contributed by atoms with E-state index < -0.39 is 21.5 Å². The zero-order valence-electron chi connectivity index (χ0n) is 10.9. The van der Waals surface area contributed by atoms with Crippen LogP contribution in [0.5, 0.6) is 0 Å². The van der Waals surface area contributed by atoms with Crippen molar-refractivity contribution in [2.45, 2.75) is 4.90 Å². The minimum atomic E-state index is -4.13. The number of benzene rings is 2. The first kappa shape index (κ1) is 28.6. The second kappa shape index (κ2) is 12.1. The highest BCUT2D eigenvalue weighted by molar-refractivity contribution is 7.86. The fourth-order valence-corrected chi connectivity index (χ4v) is 2.13. The van der Waals surface area contributed by atoms with Crippen molar-refractivity contribution >= 4 is 32.3 Å². The van der Waals surface area contributed by atoms with E-state index in [4.69, 9.17) is 17.9 Å². The normalized spacial score (nSPS) is 10.3. The predicted octanol–water partition coefficient (Wildman–Crippen LogP) is -1.87. The van der Waals surface area contributed by atoms with E-state index in [-0.39, 0.29) is 26.8 Å². The summed E-state index contributed by atoms with van der Waals surface area (Å²) < 4.78 is 55.0. The van der Waals surface area contributed by atoms with Crippen LogP contribution in [0.2, 0.25) is 0 Å². The van der Waals surface area contributed by atoms with Crippen molar-refractivity contribution < 1.29 is 48.2 Å². The fourth-order valence-electron chi connectivity index (χ4n) is 1.42. The molecule has 10 nitrogen and oxygen atoms in total. The van der Waals surface area contributed by atoms with Crippen LogP contribution in [-0.4, -0.2) is 48.2 Å². The van der Waals surface area contributed by atoms with E-state index in [0.717, 1.165) is 5.39 Å². The Labute approximate surface area is 128 Å². The lowest BCUT2D eigenvalue weighted by molar-refractivity contribution is 0.436. The molecule has 0 aliphatic carbocycles. The fraction of sp³-hybridized carbons (Fsp3) is 0. The Morgan fingerprint density at radius 2 is 1.32 bits per heavy atom. The van der Waals surface area contributed by atoms with Crippen molar-refractivity contribution in [2.75, 3.05) is 0 Å². The Bertz CT molecular complexity index is 661. The molecule has 0 aliphatic rings. The highest BCUT2D eigenvalue weighted by Gasteiger charge is 2.12. The van der Waals surface area contributed by atoms with E-state index in [1.54, 1.807) is 30.3 Å². The Morgan fingerprint density at radius 3 is 1.77 bits per heavy atom. The van der Waals surface area contributed by atoms with Crippen molar-refractivity contribution in [3.05, 3.63) is 42.5 Å². The van der Waals surface area contributed by atoms with E-state index in [1.807, 2.05) is 6.07 Å². The molecule has 1 unspecified atom stereocenters. The Kier molecular flexibility index (Phi) is 15.8. The molecule has 0 saturated carbocycles. The maximum atomic E-state index is 11.0. The smallest absolute Gasteiger partial charge is 0.295 e. The van der Waals surface area contributed by atoms with Gasteiger partial charge in [-0.15, -0.1) is 0 Å². The Balaban J connectivity index is -0.000000184. The molecule has 0 heterocycles. The Morgan fingerprint density at radius 1 is 0.909 bits per heavy atom. The molecule has 2 rings (SSSR count). The molecular formula is C10H17O10S2-. The molecule has 0 radical (unpaired) electrons. The molecule has 0 aromatic heterocycles. The summed E-state index contributed by atoms with van der Waals surface area (Å²) in [6, 6.07) is 11.8. The molecule has 2 aromatic rings. The van der Waals surface area contributed by atoms with E-state index in [0.29, 0.717) is 5.39 Å². The lowest BCUT2D eigenvalue weighted by Gasteiger charge is -2.02. The molecule has 130 valence electrons. The van der Waals surface area contributed by atoms with Crippen LogP contribution in [0.15, 0.2) is 47.4 Å². The lowest BCUT2D eigenvalue weighted by Crippen LogP contribution is -1.98. The van der Waals surface area contributed by atoms with Gasteiger partial charge in [-0.3, -0.25) is 4.55 Å². The van der Waals surface area contributed by atoms with E-state index in [2.05, 4.69) is 0 Å².